The van der Waals surface area contributed by atoms with E-state index in [1.54, 1.807) is 12.4 Å². The molecule has 4 N–H and O–H groups in total. The molecule has 164 valence electrons. The number of alkyl carbamates (subject to hydrolysis) is 1. The maximum atomic E-state index is 12.2. The lowest BCUT2D eigenvalue weighted by Gasteiger charge is -2.36. The Morgan fingerprint density at radius 2 is 2.17 bits per heavy atom. The first kappa shape index (κ1) is 22.4. The number of nitrogens with zero attached hydrogens (tertiary/aromatic N) is 2. The van der Waals surface area contributed by atoms with Gasteiger partial charge < -0.3 is 30.4 Å². The second-order valence-corrected chi connectivity index (χ2v) is 9.33. The molecule has 0 aromatic carbocycles. The second kappa shape index (κ2) is 8.81. The van der Waals surface area contributed by atoms with Gasteiger partial charge in [-0.3, -0.25) is 4.79 Å². The Morgan fingerprint density at radius 1 is 1.43 bits per heavy atom. The van der Waals surface area contributed by atoms with Crippen LogP contribution in [0.4, 0.5) is 16.2 Å². The molecule has 0 bridgehead atoms. The third-order valence-electron chi connectivity index (χ3n) is 4.73. The smallest absolute Gasteiger partial charge is 0.407 e. The SMILES string of the molecule is C[C@H](O)C(=O)Nc1c[nH]c2ncc(Br)c(N3CCC[C@@H](NC(=O)OC(C)(C)C)C3)c12. The minimum absolute atomic E-state index is 0.0711. The van der Waals surface area contributed by atoms with Gasteiger partial charge in [0.1, 0.15) is 17.4 Å². The number of hydrogen-bond donors (Lipinski definition) is 4. The highest BCUT2D eigenvalue weighted by Gasteiger charge is 2.28. The molecule has 10 heteroatoms. The number of fused-ring (bicyclic) bond motifs is 1. The minimum atomic E-state index is -1.13. The van der Waals surface area contributed by atoms with Crippen molar-refractivity contribution in [3.63, 3.8) is 0 Å². The lowest BCUT2D eigenvalue weighted by Crippen LogP contribution is -2.49. The van der Waals surface area contributed by atoms with Gasteiger partial charge in [-0.15, -0.1) is 0 Å². The third-order valence-corrected chi connectivity index (χ3v) is 5.31. The van der Waals surface area contributed by atoms with Crippen molar-refractivity contribution in [3.8, 4) is 0 Å². The van der Waals surface area contributed by atoms with Crippen LogP contribution in [0.1, 0.15) is 40.5 Å². The number of rotatable bonds is 4. The number of aromatic nitrogens is 2. The van der Waals surface area contributed by atoms with Gasteiger partial charge in [-0.2, -0.15) is 0 Å². The van der Waals surface area contributed by atoms with Crippen LogP contribution in [0.15, 0.2) is 16.9 Å². The third kappa shape index (κ3) is 5.23. The molecule has 3 heterocycles. The van der Waals surface area contributed by atoms with Crippen LogP contribution in [-0.2, 0) is 9.53 Å². The largest absolute Gasteiger partial charge is 0.444 e. The molecule has 0 aliphatic carbocycles. The van der Waals surface area contributed by atoms with Crippen LogP contribution < -0.4 is 15.5 Å². The molecule has 2 atom stereocenters. The monoisotopic (exact) mass is 481 g/mol. The van der Waals surface area contributed by atoms with Crippen LogP contribution in [0.3, 0.4) is 0 Å². The highest BCUT2D eigenvalue weighted by atomic mass is 79.9. The number of carbonyl (C=O) groups is 2. The molecule has 30 heavy (non-hydrogen) atoms. The van der Waals surface area contributed by atoms with Gasteiger partial charge in [0.2, 0.25) is 0 Å². The Hall–Kier alpha value is -2.33. The molecular formula is C20H28BrN5O4. The summed E-state index contributed by atoms with van der Waals surface area (Å²) in [6.45, 7) is 8.29. The Balaban J connectivity index is 1.86. The summed E-state index contributed by atoms with van der Waals surface area (Å²) in [5, 5.41) is 16.0. The number of pyridine rings is 1. The molecule has 1 aliphatic heterocycles. The topological polar surface area (TPSA) is 120 Å². The van der Waals surface area contributed by atoms with Crippen molar-refractivity contribution in [1.29, 1.82) is 0 Å². The molecule has 0 saturated carbocycles. The average molecular weight is 482 g/mol. The maximum Gasteiger partial charge on any atom is 0.407 e. The number of carbonyl (C=O) groups excluding carboxylic acids is 2. The molecule has 0 spiro atoms. The molecule has 2 amide bonds. The number of aliphatic hydroxyl groups is 1. The number of ether oxygens (including phenoxy) is 1. The quantitative estimate of drug-likeness (QED) is 0.532. The number of piperidine rings is 1. The van der Waals surface area contributed by atoms with Crippen molar-refractivity contribution in [2.24, 2.45) is 0 Å². The fourth-order valence-electron chi connectivity index (χ4n) is 3.47. The summed E-state index contributed by atoms with van der Waals surface area (Å²) in [6, 6.07) is -0.0711. The van der Waals surface area contributed by atoms with Crippen molar-refractivity contribution < 1.29 is 19.4 Å². The van der Waals surface area contributed by atoms with Crippen LogP contribution in [0, 0.1) is 0 Å². The first-order valence-corrected chi connectivity index (χ1v) is 10.7. The fourth-order valence-corrected chi connectivity index (χ4v) is 4.02. The molecule has 1 fully saturated rings. The number of halogens is 1. The number of amides is 2. The average Bonchev–Trinajstić information content (AvgIpc) is 3.03. The molecule has 2 aromatic heterocycles. The number of aliphatic hydroxyl groups excluding tert-OH is 1. The summed E-state index contributed by atoms with van der Waals surface area (Å²) < 4.78 is 6.16. The first-order chi connectivity index (χ1) is 14.0. The van der Waals surface area contributed by atoms with Gasteiger partial charge in [0.15, 0.2) is 0 Å². The van der Waals surface area contributed by atoms with E-state index in [-0.39, 0.29) is 6.04 Å². The van der Waals surface area contributed by atoms with Gasteiger partial charge in [0.25, 0.3) is 5.91 Å². The summed E-state index contributed by atoms with van der Waals surface area (Å²) in [7, 11) is 0. The lowest BCUT2D eigenvalue weighted by atomic mass is 10.0. The van der Waals surface area contributed by atoms with Gasteiger partial charge >= 0.3 is 6.09 Å². The predicted molar refractivity (Wildman–Crippen MR) is 119 cm³/mol. The van der Waals surface area contributed by atoms with Crippen molar-refractivity contribution in [1.82, 2.24) is 15.3 Å². The summed E-state index contributed by atoms with van der Waals surface area (Å²) in [5.74, 6) is -0.495. The van der Waals surface area contributed by atoms with Gasteiger partial charge in [-0.1, -0.05) is 0 Å². The van der Waals surface area contributed by atoms with Crippen molar-refractivity contribution in [2.75, 3.05) is 23.3 Å². The molecule has 1 saturated heterocycles. The number of hydrogen-bond acceptors (Lipinski definition) is 6. The van der Waals surface area contributed by atoms with E-state index in [1.807, 2.05) is 20.8 Å². The normalized spacial score (nSPS) is 18.2. The lowest BCUT2D eigenvalue weighted by molar-refractivity contribution is -0.123. The molecule has 2 aromatic rings. The number of H-pyrrole nitrogens is 1. The first-order valence-electron chi connectivity index (χ1n) is 9.94. The van der Waals surface area contributed by atoms with Crippen molar-refractivity contribution >= 4 is 50.3 Å². The molecule has 9 nitrogen and oxygen atoms in total. The Morgan fingerprint density at radius 3 is 2.83 bits per heavy atom. The Labute approximate surface area is 183 Å². The second-order valence-electron chi connectivity index (χ2n) is 8.48. The van der Waals surface area contributed by atoms with E-state index >= 15 is 0 Å². The molecule has 0 radical (unpaired) electrons. The highest BCUT2D eigenvalue weighted by Crippen LogP contribution is 2.39. The van der Waals surface area contributed by atoms with E-state index in [9.17, 15) is 14.7 Å². The number of nitrogens with one attached hydrogen (secondary N) is 3. The van der Waals surface area contributed by atoms with E-state index in [2.05, 4.69) is 41.4 Å². The van der Waals surface area contributed by atoms with Gasteiger partial charge in [-0.25, -0.2) is 9.78 Å². The molecule has 1 aliphatic rings. The fraction of sp³-hybridized carbons (Fsp3) is 0.550. The maximum absolute atomic E-state index is 12.2. The van der Waals surface area contributed by atoms with E-state index in [0.29, 0.717) is 17.9 Å². The summed E-state index contributed by atoms with van der Waals surface area (Å²) in [4.78, 5) is 33.8. The van der Waals surface area contributed by atoms with Crippen molar-refractivity contribution in [2.45, 2.75) is 58.3 Å². The van der Waals surface area contributed by atoms with Crippen LogP contribution in [-0.4, -0.2) is 57.9 Å². The molecule has 0 unspecified atom stereocenters. The summed E-state index contributed by atoms with van der Waals surface area (Å²) >= 11 is 3.59. The minimum Gasteiger partial charge on any atom is -0.444 e. The highest BCUT2D eigenvalue weighted by molar-refractivity contribution is 9.10. The zero-order valence-electron chi connectivity index (χ0n) is 17.6. The van der Waals surface area contributed by atoms with E-state index in [0.717, 1.165) is 34.9 Å². The van der Waals surface area contributed by atoms with Crippen LogP contribution in [0.5, 0.6) is 0 Å². The zero-order chi connectivity index (χ0) is 22.1. The summed E-state index contributed by atoms with van der Waals surface area (Å²) in [6.07, 6.45) is 3.54. The van der Waals surface area contributed by atoms with Crippen molar-refractivity contribution in [3.05, 3.63) is 16.9 Å². The van der Waals surface area contributed by atoms with Crippen LogP contribution in [0.2, 0.25) is 0 Å². The van der Waals surface area contributed by atoms with Gasteiger partial charge in [0.05, 0.1) is 21.2 Å². The Kier molecular flexibility index (Phi) is 6.56. The standard InChI is InChI=1S/C20H28BrN5O4/c1-11(27)18(28)25-14-9-23-17-15(14)16(13(21)8-22-17)26-7-5-6-12(10-26)24-19(29)30-20(2,3)4/h8-9,11-12,27H,5-7,10H2,1-4H3,(H,22,23)(H,24,29)(H,25,28)/t11-,12+/m0/s1. The Bertz CT molecular complexity index is 937. The van der Waals surface area contributed by atoms with Crippen LogP contribution >= 0.6 is 15.9 Å². The molecular weight excluding hydrogens is 454 g/mol. The predicted octanol–water partition coefficient (Wildman–Crippen LogP) is 3.14. The van der Waals surface area contributed by atoms with Crippen LogP contribution in [0.25, 0.3) is 11.0 Å². The number of aromatic amines is 1. The zero-order valence-corrected chi connectivity index (χ0v) is 19.2. The van der Waals surface area contributed by atoms with E-state index < -0.39 is 23.7 Å². The van der Waals surface area contributed by atoms with Gasteiger partial charge in [-0.05, 0) is 56.5 Å². The van der Waals surface area contributed by atoms with E-state index in [1.165, 1.54) is 6.92 Å². The van der Waals surface area contributed by atoms with Gasteiger partial charge in [0, 0.05) is 31.5 Å². The summed E-state index contributed by atoms with van der Waals surface area (Å²) in [5.41, 5.74) is 1.48. The number of anilines is 2. The van der Waals surface area contributed by atoms with E-state index in [4.69, 9.17) is 4.74 Å². The molecule has 3 rings (SSSR count).